The molecule has 2 atom stereocenters. The Labute approximate surface area is 71.5 Å². The molecule has 0 aromatic rings. The van der Waals surface area contributed by atoms with Crippen molar-refractivity contribution >= 4 is 11.9 Å². The van der Waals surface area contributed by atoms with Crippen LogP contribution in [-0.2, 0) is 14.3 Å². The van der Waals surface area contributed by atoms with Crippen LogP contribution in [0.3, 0.4) is 0 Å². The Morgan fingerprint density at radius 3 is 2.25 bits per heavy atom. The van der Waals surface area contributed by atoms with Crippen molar-refractivity contribution in [3.63, 3.8) is 0 Å². The number of carbonyl (C=O) groups is 2. The predicted octanol–water partition coefficient (Wildman–Crippen LogP) is 1.05. The first-order valence-electron chi connectivity index (χ1n) is 3.92. The average molecular weight is 174 g/mol. The van der Waals surface area contributed by atoms with Gasteiger partial charge >= 0.3 is 11.9 Å². The average Bonchev–Trinajstić information content (AvgIpc) is 2.02. The first kappa shape index (κ1) is 10.9. The van der Waals surface area contributed by atoms with E-state index >= 15 is 0 Å². The van der Waals surface area contributed by atoms with Crippen molar-refractivity contribution in [2.24, 2.45) is 5.92 Å². The molecule has 0 rings (SSSR count). The number of ether oxygens (including phenoxy) is 1. The van der Waals surface area contributed by atoms with Gasteiger partial charge in [0.2, 0.25) is 0 Å². The molecule has 0 heterocycles. The highest BCUT2D eigenvalue weighted by molar-refractivity contribution is 5.93. The minimum atomic E-state index is -1.15. The van der Waals surface area contributed by atoms with Crippen LogP contribution in [0.15, 0.2) is 0 Å². The van der Waals surface area contributed by atoms with E-state index in [1.165, 1.54) is 6.92 Å². The molecule has 0 saturated carbocycles. The zero-order chi connectivity index (χ0) is 9.72. The zero-order valence-corrected chi connectivity index (χ0v) is 7.53. The van der Waals surface area contributed by atoms with E-state index in [2.05, 4.69) is 0 Å². The van der Waals surface area contributed by atoms with E-state index in [1.807, 2.05) is 6.92 Å². The van der Waals surface area contributed by atoms with Crippen LogP contribution in [-0.4, -0.2) is 23.1 Å². The number of esters is 1. The molecule has 12 heavy (non-hydrogen) atoms. The lowest BCUT2D eigenvalue weighted by atomic mass is 10.2. The fourth-order valence-electron chi connectivity index (χ4n) is 0.484. The molecule has 0 aromatic heterocycles. The molecule has 0 radical (unpaired) electrons. The second-order valence-corrected chi connectivity index (χ2v) is 2.72. The van der Waals surface area contributed by atoms with Gasteiger partial charge in [0, 0.05) is 0 Å². The minimum Gasteiger partial charge on any atom is -0.481 e. The maximum absolute atomic E-state index is 11.0. The van der Waals surface area contributed by atoms with Crippen molar-refractivity contribution in [1.82, 2.24) is 0 Å². The molecule has 1 N–H and O–H groups in total. The normalized spacial score (nSPS) is 14.9. The number of rotatable bonds is 4. The molecule has 0 spiro atoms. The lowest BCUT2D eigenvalue weighted by Crippen LogP contribution is -2.26. The van der Waals surface area contributed by atoms with Gasteiger partial charge < -0.3 is 9.84 Å². The third kappa shape index (κ3) is 3.37. The summed E-state index contributed by atoms with van der Waals surface area (Å²) in [6.07, 6.45) is 0.484. The van der Waals surface area contributed by atoms with E-state index in [9.17, 15) is 9.59 Å². The maximum Gasteiger partial charge on any atom is 0.320 e. The summed E-state index contributed by atoms with van der Waals surface area (Å²) >= 11 is 0. The summed E-state index contributed by atoms with van der Waals surface area (Å²) in [5.74, 6) is -2.89. The van der Waals surface area contributed by atoms with Gasteiger partial charge in [0.1, 0.15) is 0 Å². The Kier molecular flexibility index (Phi) is 4.33. The fraction of sp³-hybridized carbons (Fsp3) is 0.750. The van der Waals surface area contributed by atoms with Gasteiger partial charge in [0.05, 0.1) is 6.10 Å². The number of carbonyl (C=O) groups excluding carboxylic acids is 1. The second-order valence-electron chi connectivity index (χ2n) is 2.72. The van der Waals surface area contributed by atoms with Crippen LogP contribution in [0.2, 0.25) is 0 Å². The summed E-state index contributed by atoms with van der Waals surface area (Å²) in [4.78, 5) is 21.3. The molecule has 4 heteroatoms. The van der Waals surface area contributed by atoms with E-state index in [1.54, 1.807) is 6.92 Å². The van der Waals surface area contributed by atoms with Crippen LogP contribution in [0.5, 0.6) is 0 Å². The summed E-state index contributed by atoms with van der Waals surface area (Å²) in [5.41, 5.74) is 0. The molecule has 70 valence electrons. The van der Waals surface area contributed by atoms with E-state index in [0.717, 1.165) is 0 Å². The lowest BCUT2D eigenvalue weighted by molar-refractivity contribution is -0.160. The Morgan fingerprint density at radius 1 is 1.42 bits per heavy atom. The number of carboxylic acid groups (broad SMARTS) is 1. The van der Waals surface area contributed by atoms with Gasteiger partial charge in [0.15, 0.2) is 5.92 Å². The predicted molar refractivity (Wildman–Crippen MR) is 42.6 cm³/mol. The Bertz CT molecular complexity index is 176. The van der Waals surface area contributed by atoms with E-state index < -0.39 is 17.9 Å². The van der Waals surface area contributed by atoms with Crippen molar-refractivity contribution < 1.29 is 19.4 Å². The molecule has 0 bridgehead atoms. The van der Waals surface area contributed by atoms with Crippen LogP contribution in [0, 0.1) is 5.92 Å². The Morgan fingerprint density at radius 2 is 1.92 bits per heavy atom. The summed E-state index contributed by atoms with van der Waals surface area (Å²) in [6, 6.07) is 0. The molecule has 2 unspecified atom stereocenters. The quantitative estimate of drug-likeness (QED) is 0.511. The maximum atomic E-state index is 11.0. The van der Waals surface area contributed by atoms with Crippen LogP contribution in [0.4, 0.5) is 0 Å². The summed E-state index contributed by atoms with van der Waals surface area (Å²) < 4.78 is 4.80. The van der Waals surface area contributed by atoms with E-state index in [-0.39, 0.29) is 6.10 Å². The first-order valence-corrected chi connectivity index (χ1v) is 3.92. The highest BCUT2D eigenvalue weighted by atomic mass is 16.5. The minimum absolute atomic E-state index is 0.209. The van der Waals surface area contributed by atoms with Crippen molar-refractivity contribution in [3.05, 3.63) is 0 Å². The molecule has 0 saturated heterocycles. The fourth-order valence-corrected chi connectivity index (χ4v) is 0.484. The standard InChI is InChI=1S/C8H14O4/c1-4-5(2)12-8(11)6(3)7(9)10/h5-6H,4H2,1-3H3,(H,9,10). The molecule has 0 aliphatic rings. The summed E-state index contributed by atoms with van der Waals surface area (Å²) in [5, 5.41) is 8.44. The van der Waals surface area contributed by atoms with Gasteiger partial charge in [-0.2, -0.15) is 0 Å². The van der Waals surface area contributed by atoms with Crippen LogP contribution in [0.1, 0.15) is 27.2 Å². The zero-order valence-electron chi connectivity index (χ0n) is 7.53. The lowest BCUT2D eigenvalue weighted by Gasteiger charge is -2.12. The van der Waals surface area contributed by atoms with Crippen molar-refractivity contribution in [2.75, 3.05) is 0 Å². The van der Waals surface area contributed by atoms with Gasteiger partial charge in [-0.25, -0.2) is 0 Å². The molecule has 0 aliphatic carbocycles. The highest BCUT2D eigenvalue weighted by Gasteiger charge is 2.23. The van der Waals surface area contributed by atoms with Gasteiger partial charge in [-0.05, 0) is 20.3 Å². The van der Waals surface area contributed by atoms with Crippen molar-refractivity contribution in [1.29, 1.82) is 0 Å². The number of aliphatic carboxylic acids is 1. The van der Waals surface area contributed by atoms with E-state index in [0.29, 0.717) is 6.42 Å². The number of hydrogen-bond donors (Lipinski definition) is 1. The van der Waals surface area contributed by atoms with Gasteiger partial charge in [-0.15, -0.1) is 0 Å². The van der Waals surface area contributed by atoms with Gasteiger partial charge in [0.25, 0.3) is 0 Å². The number of carboxylic acids is 1. The molecule has 0 aromatic carbocycles. The van der Waals surface area contributed by atoms with Crippen LogP contribution in [0.25, 0.3) is 0 Å². The highest BCUT2D eigenvalue weighted by Crippen LogP contribution is 2.03. The monoisotopic (exact) mass is 174 g/mol. The van der Waals surface area contributed by atoms with Crippen LogP contribution < -0.4 is 0 Å². The molecule has 0 fully saturated rings. The molecule has 0 amide bonds. The van der Waals surface area contributed by atoms with E-state index in [4.69, 9.17) is 9.84 Å². The number of hydrogen-bond acceptors (Lipinski definition) is 3. The molecule has 4 nitrogen and oxygen atoms in total. The first-order chi connectivity index (χ1) is 5.49. The van der Waals surface area contributed by atoms with Gasteiger partial charge in [-0.3, -0.25) is 9.59 Å². The van der Waals surface area contributed by atoms with Crippen LogP contribution >= 0.6 is 0 Å². The largest absolute Gasteiger partial charge is 0.481 e. The SMILES string of the molecule is CCC(C)OC(=O)C(C)C(=O)O. The Hall–Kier alpha value is -1.06. The van der Waals surface area contributed by atoms with Crippen molar-refractivity contribution in [3.8, 4) is 0 Å². The van der Waals surface area contributed by atoms with Gasteiger partial charge in [-0.1, -0.05) is 6.92 Å². The summed E-state index contributed by atoms with van der Waals surface area (Å²) in [7, 11) is 0. The smallest absolute Gasteiger partial charge is 0.320 e. The topological polar surface area (TPSA) is 63.6 Å². The molecular formula is C8H14O4. The Balaban J connectivity index is 3.95. The second kappa shape index (κ2) is 4.74. The molecular weight excluding hydrogens is 160 g/mol. The summed E-state index contributed by atoms with van der Waals surface area (Å²) in [6.45, 7) is 4.91. The van der Waals surface area contributed by atoms with Crippen molar-refractivity contribution in [2.45, 2.75) is 33.3 Å². The third-order valence-corrected chi connectivity index (χ3v) is 1.62. The third-order valence-electron chi connectivity index (χ3n) is 1.62. The molecule has 0 aliphatic heterocycles.